The molecule has 0 aromatic heterocycles. The molecule has 0 aromatic rings. The van der Waals surface area contributed by atoms with E-state index >= 15 is 0 Å². The molecular formula is C10H24N2S. The third kappa shape index (κ3) is 10.2. The van der Waals surface area contributed by atoms with Gasteiger partial charge in [0, 0.05) is 12.3 Å². The Balaban J connectivity index is 2.91. The van der Waals surface area contributed by atoms with Crippen LogP contribution in [0.3, 0.4) is 0 Å². The standard InChI is InChI=1S/C10H24N2S/c1-3-10(2)9-12-6-4-5-11-7-8-13/h10-13H,3-9H2,1-2H3. The first-order valence-electron chi connectivity index (χ1n) is 5.33. The minimum Gasteiger partial charge on any atom is -0.316 e. The second kappa shape index (κ2) is 10.4. The van der Waals surface area contributed by atoms with Gasteiger partial charge in [-0.05, 0) is 32.0 Å². The SMILES string of the molecule is CCC(C)CNCCCNCCS. The van der Waals surface area contributed by atoms with Crippen molar-refractivity contribution in [3.63, 3.8) is 0 Å². The van der Waals surface area contributed by atoms with Gasteiger partial charge in [-0.1, -0.05) is 20.3 Å². The van der Waals surface area contributed by atoms with Crippen LogP contribution in [0.15, 0.2) is 0 Å². The molecule has 0 amide bonds. The van der Waals surface area contributed by atoms with Gasteiger partial charge >= 0.3 is 0 Å². The highest BCUT2D eigenvalue weighted by molar-refractivity contribution is 7.80. The van der Waals surface area contributed by atoms with Crippen molar-refractivity contribution in [3.05, 3.63) is 0 Å². The van der Waals surface area contributed by atoms with Gasteiger partial charge in [0.25, 0.3) is 0 Å². The van der Waals surface area contributed by atoms with Crippen molar-refractivity contribution in [1.82, 2.24) is 10.6 Å². The van der Waals surface area contributed by atoms with E-state index in [2.05, 4.69) is 37.1 Å². The van der Waals surface area contributed by atoms with Crippen molar-refractivity contribution < 1.29 is 0 Å². The van der Waals surface area contributed by atoms with Gasteiger partial charge in [-0.2, -0.15) is 12.6 Å². The normalized spacial score (nSPS) is 13.2. The van der Waals surface area contributed by atoms with Gasteiger partial charge in [0.1, 0.15) is 0 Å². The van der Waals surface area contributed by atoms with Crippen LogP contribution >= 0.6 is 12.6 Å². The molecule has 1 unspecified atom stereocenters. The predicted octanol–water partition coefficient (Wildman–Crippen LogP) is 1.53. The maximum absolute atomic E-state index is 4.13. The Kier molecular flexibility index (Phi) is 10.6. The maximum atomic E-state index is 4.13. The molecule has 0 rings (SSSR count). The smallest absolute Gasteiger partial charge is 0.00397 e. The Labute approximate surface area is 88.3 Å². The third-order valence-electron chi connectivity index (χ3n) is 2.19. The Bertz CT molecular complexity index is 98.9. The number of thiol groups is 1. The summed E-state index contributed by atoms with van der Waals surface area (Å²) in [6.07, 6.45) is 2.48. The van der Waals surface area contributed by atoms with Crippen LogP contribution in [-0.4, -0.2) is 31.9 Å². The van der Waals surface area contributed by atoms with E-state index in [0.717, 1.165) is 37.8 Å². The zero-order chi connectivity index (χ0) is 9.94. The van der Waals surface area contributed by atoms with Crippen LogP contribution < -0.4 is 10.6 Å². The van der Waals surface area contributed by atoms with Crippen LogP contribution in [0.5, 0.6) is 0 Å². The zero-order valence-corrected chi connectivity index (χ0v) is 9.87. The van der Waals surface area contributed by atoms with Gasteiger partial charge in [-0.3, -0.25) is 0 Å². The van der Waals surface area contributed by atoms with Crippen LogP contribution in [-0.2, 0) is 0 Å². The van der Waals surface area contributed by atoms with Gasteiger partial charge in [0.15, 0.2) is 0 Å². The van der Waals surface area contributed by atoms with E-state index in [0.29, 0.717) is 0 Å². The second-order valence-corrected chi connectivity index (χ2v) is 3.99. The van der Waals surface area contributed by atoms with E-state index in [-0.39, 0.29) is 0 Å². The molecule has 2 nitrogen and oxygen atoms in total. The molecule has 0 aliphatic carbocycles. The van der Waals surface area contributed by atoms with E-state index in [1.165, 1.54) is 12.8 Å². The lowest BCUT2D eigenvalue weighted by atomic mass is 10.1. The fourth-order valence-electron chi connectivity index (χ4n) is 1.04. The van der Waals surface area contributed by atoms with E-state index in [1.54, 1.807) is 0 Å². The van der Waals surface area contributed by atoms with Gasteiger partial charge in [0.05, 0.1) is 0 Å². The molecule has 0 bridgehead atoms. The Morgan fingerprint density at radius 3 is 2.46 bits per heavy atom. The Morgan fingerprint density at radius 1 is 1.15 bits per heavy atom. The van der Waals surface area contributed by atoms with Crippen LogP contribution in [0.4, 0.5) is 0 Å². The predicted molar refractivity (Wildman–Crippen MR) is 63.7 cm³/mol. The summed E-state index contributed by atoms with van der Waals surface area (Å²) in [6, 6.07) is 0. The molecule has 0 saturated heterocycles. The number of rotatable bonds is 9. The number of hydrogen-bond donors (Lipinski definition) is 3. The van der Waals surface area contributed by atoms with E-state index in [1.807, 2.05) is 0 Å². The Hall–Kier alpha value is 0.270. The van der Waals surface area contributed by atoms with Crippen molar-refractivity contribution in [1.29, 1.82) is 0 Å². The Morgan fingerprint density at radius 2 is 1.85 bits per heavy atom. The molecule has 2 N–H and O–H groups in total. The van der Waals surface area contributed by atoms with Gasteiger partial charge < -0.3 is 10.6 Å². The number of nitrogens with one attached hydrogen (secondary N) is 2. The highest BCUT2D eigenvalue weighted by Gasteiger charge is 1.96. The summed E-state index contributed by atoms with van der Waals surface area (Å²) in [6.45, 7) is 8.93. The highest BCUT2D eigenvalue weighted by Crippen LogP contribution is 1.96. The number of hydrogen-bond acceptors (Lipinski definition) is 3. The fraction of sp³-hybridized carbons (Fsp3) is 1.00. The summed E-state index contributed by atoms with van der Waals surface area (Å²) in [5, 5.41) is 6.77. The second-order valence-electron chi connectivity index (χ2n) is 3.54. The molecule has 0 aromatic carbocycles. The van der Waals surface area contributed by atoms with Crippen LogP contribution in [0.2, 0.25) is 0 Å². The summed E-state index contributed by atoms with van der Waals surface area (Å²) in [4.78, 5) is 0. The molecule has 0 aliphatic heterocycles. The lowest BCUT2D eigenvalue weighted by Gasteiger charge is -2.09. The summed E-state index contributed by atoms with van der Waals surface area (Å²) in [7, 11) is 0. The average molecular weight is 204 g/mol. The van der Waals surface area contributed by atoms with Crippen molar-refractivity contribution in [3.8, 4) is 0 Å². The zero-order valence-electron chi connectivity index (χ0n) is 8.97. The van der Waals surface area contributed by atoms with Crippen molar-refractivity contribution in [2.45, 2.75) is 26.7 Å². The molecular weight excluding hydrogens is 180 g/mol. The fourth-order valence-corrected chi connectivity index (χ4v) is 1.19. The van der Waals surface area contributed by atoms with Crippen molar-refractivity contribution in [2.75, 3.05) is 31.9 Å². The van der Waals surface area contributed by atoms with Crippen LogP contribution in [0, 0.1) is 5.92 Å². The minimum absolute atomic E-state index is 0.811. The molecule has 0 spiro atoms. The first kappa shape index (κ1) is 13.3. The van der Waals surface area contributed by atoms with Gasteiger partial charge in [-0.15, -0.1) is 0 Å². The van der Waals surface area contributed by atoms with E-state index < -0.39 is 0 Å². The maximum Gasteiger partial charge on any atom is 0.00397 e. The molecule has 80 valence electrons. The molecule has 0 radical (unpaired) electrons. The first-order valence-corrected chi connectivity index (χ1v) is 5.96. The third-order valence-corrected chi connectivity index (χ3v) is 2.41. The molecule has 1 atom stereocenters. The van der Waals surface area contributed by atoms with E-state index in [9.17, 15) is 0 Å². The van der Waals surface area contributed by atoms with E-state index in [4.69, 9.17) is 0 Å². The summed E-state index contributed by atoms with van der Waals surface area (Å²) in [5.41, 5.74) is 0. The largest absolute Gasteiger partial charge is 0.316 e. The summed E-state index contributed by atoms with van der Waals surface area (Å²) in [5.74, 6) is 1.74. The molecule has 0 fully saturated rings. The minimum atomic E-state index is 0.811. The average Bonchev–Trinajstić information content (AvgIpc) is 2.16. The van der Waals surface area contributed by atoms with Crippen molar-refractivity contribution >= 4 is 12.6 Å². The highest BCUT2D eigenvalue weighted by atomic mass is 32.1. The lowest BCUT2D eigenvalue weighted by molar-refractivity contribution is 0.491. The molecule has 3 heteroatoms. The molecule has 0 saturated carbocycles. The van der Waals surface area contributed by atoms with Gasteiger partial charge in [0.2, 0.25) is 0 Å². The summed E-state index contributed by atoms with van der Waals surface area (Å²) >= 11 is 4.13. The molecule has 0 aliphatic rings. The molecule has 13 heavy (non-hydrogen) atoms. The monoisotopic (exact) mass is 204 g/mol. The first-order chi connectivity index (χ1) is 6.31. The summed E-state index contributed by atoms with van der Waals surface area (Å²) < 4.78 is 0. The molecule has 0 heterocycles. The lowest BCUT2D eigenvalue weighted by Crippen LogP contribution is -2.26. The van der Waals surface area contributed by atoms with Gasteiger partial charge in [-0.25, -0.2) is 0 Å². The quantitative estimate of drug-likeness (QED) is 0.392. The van der Waals surface area contributed by atoms with Crippen LogP contribution in [0.1, 0.15) is 26.7 Å². The van der Waals surface area contributed by atoms with Crippen molar-refractivity contribution in [2.24, 2.45) is 5.92 Å². The topological polar surface area (TPSA) is 24.1 Å². The van der Waals surface area contributed by atoms with Crippen LogP contribution in [0.25, 0.3) is 0 Å².